The lowest BCUT2D eigenvalue weighted by Gasteiger charge is -2.19. The molecule has 0 amide bonds. The van der Waals surface area contributed by atoms with Crippen LogP contribution in [0.3, 0.4) is 0 Å². The first-order valence-electron chi connectivity index (χ1n) is 7.36. The summed E-state index contributed by atoms with van der Waals surface area (Å²) >= 11 is 0. The molecule has 3 aromatic rings. The van der Waals surface area contributed by atoms with Gasteiger partial charge in [0.1, 0.15) is 0 Å². The van der Waals surface area contributed by atoms with Crippen molar-refractivity contribution in [3.05, 3.63) is 89.6 Å². The summed E-state index contributed by atoms with van der Waals surface area (Å²) in [7, 11) is 0. The summed E-state index contributed by atoms with van der Waals surface area (Å²) in [5.41, 5.74) is -0.736. The summed E-state index contributed by atoms with van der Waals surface area (Å²) in [6, 6.07) is 13.7. The summed E-state index contributed by atoms with van der Waals surface area (Å²) in [4.78, 5) is 4.11. The summed E-state index contributed by atoms with van der Waals surface area (Å²) in [6.07, 6.45) is -3.01. The molecule has 1 nitrogen and oxygen atoms in total. The molecule has 0 bridgehead atoms. The summed E-state index contributed by atoms with van der Waals surface area (Å²) in [6.45, 7) is 0. The quantitative estimate of drug-likeness (QED) is 0.536. The van der Waals surface area contributed by atoms with Gasteiger partial charge in [0, 0.05) is 22.9 Å². The average molecular weight is 349 g/mol. The van der Waals surface area contributed by atoms with E-state index < -0.39 is 23.2 Å². The van der Waals surface area contributed by atoms with Gasteiger partial charge in [-0.25, -0.2) is 0 Å². The molecule has 0 aliphatic carbocycles. The van der Waals surface area contributed by atoms with Crippen molar-refractivity contribution < 1.29 is 22.0 Å². The molecule has 2 aromatic carbocycles. The van der Waals surface area contributed by atoms with Crippen LogP contribution in [-0.2, 0) is 12.1 Å². The summed E-state index contributed by atoms with van der Waals surface area (Å²) in [5, 5.41) is 0. The third kappa shape index (κ3) is 3.52. The summed E-state index contributed by atoms with van der Waals surface area (Å²) in [5.74, 6) is -3.42. The van der Waals surface area contributed by atoms with Crippen LogP contribution in [0, 0.1) is 0 Å². The van der Waals surface area contributed by atoms with E-state index in [1.54, 1.807) is 30.5 Å². The number of halogens is 5. The predicted molar refractivity (Wildman–Crippen MR) is 84.1 cm³/mol. The van der Waals surface area contributed by atoms with Crippen molar-refractivity contribution in [3.63, 3.8) is 0 Å². The summed E-state index contributed by atoms with van der Waals surface area (Å²) < 4.78 is 67.2. The second-order valence-electron chi connectivity index (χ2n) is 5.45. The molecule has 0 saturated carbocycles. The van der Waals surface area contributed by atoms with Crippen LogP contribution in [0.15, 0.2) is 72.9 Å². The largest absolute Gasteiger partial charge is 0.416 e. The first-order valence-corrected chi connectivity index (χ1v) is 7.36. The van der Waals surface area contributed by atoms with Gasteiger partial charge < -0.3 is 0 Å². The van der Waals surface area contributed by atoms with Gasteiger partial charge in [-0.1, -0.05) is 36.4 Å². The van der Waals surface area contributed by atoms with Gasteiger partial charge >= 0.3 is 6.18 Å². The van der Waals surface area contributed by atoms with Crippen molar-refractivity contribution in [2.75, 3.05) is 0 Å². The van der Waals surface area contributed by atoms with Crippen molar-refractivity contribution in [2.24, 2.45) is 0 Å². The number of pyridine rings is 1. The van der Waals surface area contributed by atoms with Crippen molar-refractivity contribution in [1.82, 2.24) is 4.98 Å². The number of hydrogen-bond donors (Lipinski definition) is 0. The lowest BCUT2D eigenvalue weighted by Crippen LogP contribution is -2.16. The monoisotopic (exact) mass is 349 g/mol. The van der Waals surface area contributed by atoms with Crippen LogP contribution < -0.4 is 0 Å². The van der Waals surface area contributed by atoms with Crippen LogP contribution in [0.4, 0.5) is 22.0 Å². The SMILES string of the molecule is FC(F)(F)c1ccc(C(F)(F)c2cccc(-c3ccccn3)c2)cc1. The maximum Gasteiger partial charge on any atom is 0.416 e. The molecule has 0 spiro atoms. The average Bonchev–Trinajstić information content (AvgIpc) is 2.62. The topological polar surface area (TPSA) is 12.9 Å². The molecule has 1 aromatic heterocycles. The molecule has 6 heteroatoms. The minimum absolute atomic E-state index is 0.310. The molecule has 0 fully saturated rings. The Kier molecular flexibility index (Phi) is 4.29. The Bertz CT molecular complexity index is 855. The first-order chi connectivity index (χ1) is 11.8. The maximum atomic E-state index is 14.7. The third-order valence-corrected chi connectivity index (χ3v) is 3.76. The molecule has 0 atom stereocenters. The highest BCUT2D eigenvalue weighted by Crippen LogP contribution is 2.38. The van der Waals surface area contributed by atoms with Crippen molar-refractivity contribution in [1.29, 1.82) is 0 Å². The zero-order valence-corrected chi connectivity index (χ0v) is 12.8. The highest BCUT2D eigenvalue weighted by molar-refractivity contribution is 5.60. The molecule has 0 radical (unpaired) electrons. The molecule has 1 heterocycles. The fourth-order valence-corrected chi connectivity index (χ4v) is 2.44. The molecule has 128 valence electrons. The molecule has 0 aliphatic heterocycles. The highest BCUT2D eigenvalue weighted by Gasteiger charge is 2.36. The van der Waals surface area contributed by atoms with Crippen LogP contribution in [-0.4, -0.2) is 4.98 Å². The van der Waals surface area contributed by atoms with E-state index in [2.05, 4.69) is 4.98 Å². The van der Waals surface area contributed by atoms with Crippen LogP contribution in [0.25, 0.3) is 11.3 Å². The standard InChI is InChI=1S/C19H12F5N/c20-18(21,14-7-9-15(10-8-14)19(22,23)24)16-5-3-4-13(12-16)17-6-1-2-11-25-17/h1-12H. The highest BCUT2D eigenvalue weighted by atomic mass is 19.4. The van der Waals surface area contributed by atoms with Crippen molar-refractivity contribution >= 4 is 0 Å². The lowest BCUT2D eigenvalue weighted by atomic mass is 9.97. The van der Waals surface area contributed by atoms with Gasteiger partial charge in [-0.05, 0) is 30.3 Å². The van der Waals surface area contributed by atoms with Gasteiger partial charge in [0.2, 0.25) is 0 Å². The van der Waals surface area contributed by atoms with E-state index in [0.717, 1.165) is 12.1 Å². The van der Waals surface area contributed by atoms with E-state index in [1.165, 1.54) is 18.2 Å². The number of hydrogen-bond acceptors (Lipinski definition) is 1. The minimum atomic E-state index is -4.56. The Labute approximate surface area is 140 Å². The van der Waals surface area contributed by atoms with Crippen LogP contribution in [0.1, 0.15) is 16.7 Å². The van der Waals surface area contributed by atoms with Crippen molar-refractivity contribution in [2.45, 2.75) is 12.1 Å². The molecule has 0 unspecified atom stereocenters. The van der Waals surface area contributed by atoms with Gasteiger partial charge in [-0.3, -0.25) is 4.98 Å². The number of aromatic nitrogens is 1. The Balaban J connectivity index is 1.97. The number of rotatable bonds is 3. The number of alkyl halides is 5. The van der Waals surface area contributed by atoms with Gasteiger partial charge in [-0.2, -0.15) is 22.0 Å². The predicted octanol–water partition coefficient (Wildman–Crippen LogP) is 5.91. The zero-order chi connectivity index (χ0) is 18.1. The van der Waals surface area contributed by atoms with E-state index in [0.29, 0.717) is 23.4 Å². The van der Waals surface area contributed by atoms with E-state index in [9.17, 15) is 22.0 Å². The zero-order valence-electron chi connectivity index (χ0n) is 12.8. The third-order valence-electron chi connectivity index (χ3n) is 3.76. The fraction of sp³-hybridized carbons (Fsp3) is 0.105. The normalized spacial score (nSPS) is 12.2. The van der Waals surface area contributed by atoms with Crippen LogP contribution in [0.5, 0.6) is 0 Å². The molecular formula is C19H12F5N. The molecular weight excluding hydrogens is 337 g/mol. The van der Waals surface area contributed by atoms with Crippen LogP contribution in [0.2, 0.25) is 0 Å². The second kappa shape index (κ2) is 6.27. The number of nitrogens with zero attached hydrogens (tertiary/aromatic N) is 1. The first kappa shape index (κ1) is 17.1. The molecule has 0 saturated heterocycles. The Morgan fingerprint density at radius 3 is 1.92 bits per heavy atom. The van der Waals surface area contributed by atoms with Gasteiger partial charge in [0.25, 0.3) is 5.92 Å². The molecule has 0 aliphatic rings. The van der Waals surface area contributed by atoms with E-state index in [4.69, 9.17) is 0 Å². The smallest absolute Gasteiger partial charge is 0.256 e. The van der Waals surface area contributed by atoms with Crippen LogP contribution >= 0.6 is 0 Å². The molecule has 0 N–H and O–H groups in total. The van der Waals surface area contributed by atoms with Gasteiger partial charge in [0.15, 0.2) is 0 Å². The van der Waals surface area contributed by atoms with Gasteiger partial charge in [-0.15, -0.1) is 0 Å². The second-order valence-corrected chi connectivity index (χ2v) is 5.45. The number of benzene rings is 2. The Morgan fingerprint density at radius 2 is 1.32 bits per heavy atom. The van der Waals surface area contributed by atoms with E-state index in [1.807, 2.05) is 0 Å². The lowest BCUT2D eigenvalue weighted by molar-refractivity contribution is -0.137. The molecule has 3 rings (SSSR count). The maximum absolute atomic E-state index is 14.7. The minimum Gasteiger partial charge on any atom is -0.256 e. The molecule has 25 heavy (non-hydrogen) atoms. The Morgan fingerprint density at radius 1 is 0.640 bits per heavy atom. The fourth-order valence-electron chi connectivity index (χ4n) is 2.44. The van der Waals surface area contributed by atoms with Gasteiger partial charge in [0.05, 0.1) is 11.3 Å². The Hall–Kier alpha value is -2.76. The van der Waals surface area contributed by atoms with Crippen molar-refractivity contribution in [3.8, 4) is 11.3 Å². The van der Waals surface area contributed by atoms with E-state index in [-0.39, 0.29) is 5.56 Å². The van der Waals surface area contributed by atoms with E-state index >= 15 is 0 Å².